The summed E-state index contributed by atoms with van der Waals surface area (Å²) in [6.45, 7) is 0. The van der Waals surface area contributed by atoms with Gasteiger partial charge >= 0.3 is 0 Å². The summed E-state index contributed by atoms with van der Waals surface area (Å²) in [4.78, 5) is 11.2. The van der Waals surface area contributed by atoms with E-state index in [1.807, 2.05) is 24.3 Å². The molecule has 0 atom stereocenters. The van der Waals surface area contributed by atoms with E-state index in [1.54, 1.807) is 0 Å². The van der Waals surface area contributed by atoms with E-state index in [1.165, 1.54) is 0 Å². The van der Waals surface area contributed by atoms with Crippen molar-refractivity contribution in [3.05, 3.63) is 24.3 Å². The van der Waals surface area contributed by atoms with Crippen molar-refractivity contribution in [3.8, 4) is 11.5 Å². The first kappa shape index (κ1) is 8.77. The molecule has 0 aromatic heterocycles. The Bertz CT molecular complexity index is 374. The van der Waals surface area contributed by atoms with Gasteiger partial charge in [-0.15, -0.1) is 0 Å². The lowest BCUT2D eigenvalue weighted by molar-refractivity contribution is -0.138. The summed E-state index contributed by atoms with van der Waals surface area (Å²) < 4.78 is 11.6. The predicted molar refractivity (Wildman–Crippen MR) is 53.9 cm³/mol. The fourth-order valence-electron chi connectivity index (χ4n) is 2.15. The van der Waals surface area contributed by atoms with Gasteiger partial charge in [-0.1, -0.05) is 12.1 Å². The van der Waals surface area contributed by atoms with Crippen LogP contribution in [-0.4, -0.2) is 11.6 Å². The van der Waals surface area contributed by atoms with Crippen molar-refractivity contribution in [3.63, 3.8) is 0 Å². The number of ether oxygens (including phenoxy) is 2. The lowest BCUT2D eigenvalue weighted by Crippen LogP contribution is -2.42. The second kappa shape index (κ2) is 2.99. The van der Waals surface area contributed by atoms with Crippen LogP contribution >= 0.6 is 0 Å². The van der Waals surface area contributed by atoms with Gasteiger partial charge in [-0.3, -0.25) is 4.79 Å². The fraction of sp³-hybridized carbons (Fsp3) is 0.417. The molecule has 0 N–H and O–H groups in total. The second-order valence-corrected chi connectivity index (χ2v) is 4.10. The number of para-hydroxylation sites is 2. The third-order valence-corrected chi connectivity index (χ3v) is 3.01. The van der Waals surface area contributed by atoms with E-state index in [0.29, 0.717) is 31.5 Å². The van der Waals surface area contributed by atoms with Gasteiger partial charge in [0.2, 0.25) is 0 Å². The molecule has 15 heavy (non-hydrogen) atoms. The molecule has 78 valence electrons. The summed E-state index contributed by atoms with van der Waals surface area (Å²) in [6, 6.07) is 7.66. The van der Waals surface area contributed by atoms with Crippen LogP contribution < -0.4 is 9.47 Å². The first-order valence-electron chi connectivity index (χ1n) is 5.26. The molecule has 3 heteroatoms. The number of fused-ring (bicyclic) bond motifs is 1. The molecule has 0 bridgehead atoms. The van der Waals surface area contributed by atoms with E-state index >= 15 is 0 Å². The quantitative estimate of drug-likeness (QED) is 0.650. The van der Waals surface area contributed by atoms with Gasteiger partial charge in [0.25, 0.3) is 5.79 Å². The SMILES string of the molecule is O=C1CCC2(CC1)Oc1ccccc1O2. The molecular formula is C12H12O3. The van der Waals surface area contributed by atoms with Gasteiger partial charge in [0, 0.05) is 25.7 Å². The van der Waals surface area contributed by atoms with Crippen LogP contribution in [0.15, 0.2) is 24.3 Å². The highest BCUT2D eigenvalue weighted by Crippen LogP contribution is 2.44. The summed E-state index contributed by atoms with van der Waals surface area (Å²) in [6.07, 6.45) is 2.46. The van der Waals surface area contributed by atoms with Crippen LogP contribution in [-0.2, 0) is 4.79 Å². The molecule has 1 aliphatic heterocycles. The molecule has 1 fully saturated rings. The van der Waals surface area contributed by atoms with E-state index in [-0.39, 0.29) is 0 Å². The van der Waals surface area contributed by atoms with Gasteiger partial charge in [-0.2, -0.15) is 0 Å². The summed E-state index contributed by atoms with van der Waals surface area (Å²) in [7, 11) is 0. The van der Waals surface area contributed by atoms with Crippen LogP contribution in [0.2, 0.25) is 0 Å². The van der Waals surface area contributed by atoms with Crippen molar-refractivity contribution in [1.29, 1.82) is 0 Å². The van der Waals surface area contributed by atoms with Crippen molar-refractivity contribution in [2.45, 2.75) is 31.5 Å². The minimum Gasteiger partial charge on any atom is -0.448 e. The smallest absolute Gasteiger partial charge is 0.252 e. The Hall–Kier alpha value is -1.51. The number of ketones is 1. The molecule has 1 saturated carbocycles. The highest BCUT2D eigenvalue weighted by Gasteiger charge is 2.44. The summed E-state index contributed by atoms with van der Waals surface area (Å²) in [5, 5.41) is 0. The standard InChI is InChI=1S/C12H12O3/c13-9-5-7-12(8-6-9)14-10-3-1-2-4-11(10)15-12/h1-4H,5-8H2. The van der Waals surface area contributed by atoms with Gasteiger partial charge in [0.15, 0.2) is 11.5 Å². The summed E-state index contributed by atoms with van der Waals surface area (Å²) >= 11 is 0. The Morgan fingerprint density at radius 3 is 2.07 bits per heavy atom. The van der Waals surface area contributed by atoms with Crippen LogP contribution in [0.4, 0.5) is 0 Å². The number of carbonyl (C=O) groups is 1. The van der Waals surface area contributed by atoms with E-state index in [4.69, 9.17) is 9.47 Å². The number of hydrogen-bond acceptors (Lipinski definition) is 3. The summed E-state index contributed by atoms with van der Waals surface area (Å²) in [5.41, 5.74) is 0. The Kier molecular flexibility index (Phi) is 1.75. The van der Waals surface area contributed by atoms with Gasteiger partial charge in [-0.25, -0.2) is 0 Å². The van der Waals surface area contributed by atoms with Gasteiger partial charge in [0.1, 0.15) is 5.78 Å². The highest BCUT2D eigenvalue weighted by molar-refractivity contribution is 5.79. The maximum absolute atomic E-state index is 11.2. The molecule has 3 rings (SSSR count). The minimum absolute atomic E-state index is 0.309. The van der Waals surface area contributed by atoms with Crippen LogP contribution in [0.3, 0.4) is 0 Å². The van der Waals surface area contributed by atoms with E-state index in [9.17, 15) is 4.79 Å². The molecule has 3 nitrogen and oxygen atoms in total. The van der Waals surface area contributed by atoms with E-state index in [2.05, 4.69) is 0 Å². The number of benzene rings is 1. The third-order valence-electron chi connectivity index (χ3n) is 3.01. The normalized spacial score (nSPS) is 22.0. The fourth-order valence-corrected chi connectivity index (χ4v) is 2.15. The Morgan fingerprint density at radius 2 is 1.53 bits per heavy atom. The van der Waals surface area contributed by atoms with Crippen molar-refractivity contribution >= 4 is 5.78 Å². The zero-order chi connectivity index (χ0) is 10.3. The van der Waals surface area contributed by atoms with Crippen LogP contribution in [0.25, 0.3) is 0 Å². The lowest BCUT2D eigenvalue weighted by Gasteiger charge is -2.30. The highest BCUT2D eigenvalue weighted by atomic mass is 16.7. The molecule has 2 aliphatic rings. The molecule has 1 heterocycles. The molecule has 1 aromatic carbocycles. The molecule has 0 radical (unpaired) electrons. The first-order chi connectivity index (χ1) is 7.27. The van der Waals surface area contributed by atoms with Crippen molar-refractivity contribution in [1.82, 2.24) is 0 Å². The van der Waals surface area contributed by atoms with Crippen LogP contribution in [0.1, 0.15) is 25.7 Å². The topological polar surface area (TPSA) is 35.5 Å². The van der Waals surface area contributed by atoms with Crippen LogP contribution in [0, 0.1) is 0 Å². The zero-order valence-electron chi connectivity index (χ0n) is 8.36. The van der Waals surface area contributed by atoms with Gasteiger partial charge in [0.05, 0.1) is 0 Å². The third kappa shape index (κ3) is 1.39. The van der Waals surface area contributed by atoms with E-state index in [0.717, 1.165) is 11.5 Å². The maximum atomic E-state index is 11.2. The number of Topliss-reactive ketones (excluding diaryl/α,β-unsaturated/α-hetero) is 1. The molecule has 0 unspecified atom stereocenters. The second-order valence-electron chi connectivity index (χ2n) is 4.10. The van der Waals surface area contributed by atoms with Crippen molar-refractivity contribution in [2.24, 2.45) is 0 Å². The lowest BCUT2D eigenvalue weighted by atomic mass is 9.93. The Balaban J connectivity index is 1.86. The molecule has 0 amide bonds. The molecule has 1 aliphatic carbocycles. The number of carbonyl (C=O) groups excluding carboxylic acids is 1. The number of rotatable bonds is 0. The Labute approximate surface area is 88.0 Å². The molecule has 0 saturated heterocycles. The van der Waals surface area contributed by atoms with E-state index < -0.39 is 5.79 Å². The first-order valence-corrected chi connectivity index (χ1v) is 5.26. The monoisotopic (exact) mass is 204 g/mol. The largest absolute Gasteiger partial charge is 0.448 e. The minimum atomic E-state index is -0.558. The molecular weight excluding hydrogens is 192 g/mol. The predicted octanol–water partition coefficient (Wildman–Crippen LogP) is 2.30. The van der Waals surface area contributed by atoms with Gasteiger partial charge < -0.3 is 9.47 Å². The molecule has 1 aromatic rings. The average molecular weight is 204 g/mol. The van der Waals surface area contributed by atoms with Crippen molar-refractivity contribution in [2.75, 3.05) is 0 Å². The van der Waals surface area contributed by atoms with Crippen molar-refractivity contribution < 1.29 is 14.3 Å². The van der Waals surface area contributed by atoms with Crippen LogP contribution in [0.5, 0.6) is 11.5 Å². The Morgan fingerprint density at radius 1 is 1.00 bits per heavy atom. The maximum Gasteiger partial charge on any atom is 0.252 e. The molecule has 1 spiro atoms. The summed E-state index contributed by atoms with van der Waals surface area (Å²) in [5.74, 6) is 1.35. The zero-order valence-corrected chi connectivity index (χ0v) is 8.36. The number of hydrogen-bond donors (Lipinski definition) is 0. The average Bonchev–Trinajstić information content (AvgIpc) is 2.61. The van der Waals surface area contributed by atoms with Gasteiger partial charge in [-0.05, 0) is 12.1 Å².